The van der Waals surface area contributed by atoms with E-state index in [0.717, 1.165) is 72.9 Å². The molecular weight excluding hydrogens is 1170 g/mol. The molecule has 0 fully saturated rings. The molecule has 0 unspecified atom stereocenters. The van der Waals surface area contributed by atoms with Crippen LogP contribution in [0.25, 0.3) is 88.6 Å². The Bertz CT molecular complexity index is 5420. The lowest BCUT2D eigenvalue weighted by atomic mass is 9.33. The Morgan fingerprint density at radius 2 is 0.979 bits per heavy atom. The molecule has 14 aromatic rings. The first-order valence-corrected chi connectivity index (χ1v) is 34.3. The standard InChI is InChI=1S/C92H79BN4/c1-11-29-60(2)68-42-48-81-70(52-68)50-61(3)94(81)73-44-46-79-85(58-73)96(84(51-63-30-17-12-18-31-63)62(4)64-32-19-13-20-33-64)87-56-72(92(8,9)10)57-88-89(87)93(79)80-47-45-74(95-82-41-28-27-40-75(82)78-53-69(43-49-83(78)95)65-34-21-14-22-35-65)59-86(80)97(88)90-76(66-36-23-15-24-37-66)54-71(91(5,6)7)55-77(90)67-38-25-16-26-39-67/h11-50,52-59H,2,51H2,1,3-10H3/b29-11-,84-62-. The highest BCUT2D eigenvalue weighted by Crippen LogP contribution is 2.53. The molecule has 0 N–H and O–H groups in total. The monoisotopic (exact) mass is 1250 g/mol. The lowest BCUT2D eigenvalue weighted by Gasteiger charge is -2.47. The van der Waals surface area contributed by atoms with Crippen LogP contribution >= 0.6 is 0 Å². The van der Waals surface area contributed by atoms with Gasteiger partial charge >= 0.3 is 0 Å². The Hall–Kier alpha value is -11.1. The third-order valence-electron chi connectivity index (χ3n) is 20.4. The fraction of sp³-hybridized carbons (Fsp3) is 0.130. The summed E-state index contributed by atoms with van der Waals surface area (Å²) < 4.78 is 4.98. The second-order valence-corrected chi connectivity index (χ2v) is 28.6. The first kappa shape index (κ1) is 60.8. The first-order chi connectivity index (χ1) is 47.1. The minimum Gasteiger partial charge on any atom is -0.314 e. The smallest absolute Gasteiger partial charge is 0.252 e. The molecule has 2 aliphatic heterocycles. The Morgan fingerprint density at radius 1 is 0.443 bits per heavy atom. The summed E-state index contributed by atoms with van der Waals surface area (Å²) in [6, 6.07) is 105. The number of benzene rings is 12. The van der Waals surface area contributed by atoms with E-state index in [0.29, 0.717) is 6.42 Å². The molecule has 0 saturated heterocycles. The van der Waals surface area contributed by atoms with Crippen LogP contribution in [0.5, 0.6) is 0 Å². The van der Waals surface area contributed by atoms with Crippen LogP contribution in [0.4, 0.5) is 28.4 Å². The van der Waals surface area contributed by atoms with Gasteiger partial charge in [0, 0.05) is 79.2 Å². The van der Waals surface area contributed by atoms with E-state index in [9.17, 15) is 0 Å². The van der Waals surface area contributed by atoms with Gasteiger partial charge in [-0.3, -0.25) is 0 Å². The van der Waals surface area contributed by atoms with Crippen LogP contribution in [-0.4, -0.2) is 15.8 Å². The zero-order chi connectivity index (χ0) is 66.4. The summed E-state index contributed by atoms with van der Waals surface area (Å²) in [5.74, 6) is 0. The molecular formula is C92H79BN4. The van der Waals surface area contributed by atoms with E-state index >= 15 is 0 Å². The Labute approximate surface area is 572 Å². The molecule has 4 heterocycles. The summed E-state index contributed by atoms with van der Waals surface area (Å²) >= 11 is 0. The summed E-state index contributed by atoms with van der Waals surface area (Å²) in [5.41, 5.74) is 32.6. The maximum atomic E-state index is 4.45. The van der Waals surface area contributed by atoms with E-state index in [1.54, 1.807) is 0 Å². The number of fused-ring (bicyclic) bond motifs is 8. The van der Waals surface area contributed by atoms with E-state index in [4.69, 9.17) is 0 Å². The highest BCUT2D eigenvalue weighted by atomic mass is 15.2. The average molecular weight is 1250 g/mol. The second kappa shape index (κ2) is 24.0. The second-order valence-electron chi connectivity index (χ2n) is 28.6. The Kier molecular flexibility index (Phi) is 15.0. The van der Waals surface area contributed by atoms with Gasteiger partial charge in [-0.1, -0.05) is 254 Å². The summed E-state index contributed by atoms with van der Waals surface area (Å²) in [6.45, 7) is 25.1. The summed E-state index contributed by atoms with van der Waals surface area (Å²) in [5, 5.41) is 3.62. The van der Waals surface area contributed by atoms with Crippen molar-refractivity contribution in [3.63, 3.8) is 0 Å². The van der Waals surface area contributed by atoms with Gasteiger partial charge in [0.2, 0.25) is 0 Å². The van der Waals surface area contributed by atoms with E-state index < -0.39 is 0 Å². The van der Waals surface area contributed by atoms with Crippen molar-refractivity contribution >= 4 is 95.4 Å². The fourth-order valence-electron chi connectivity index (χ4n) is 15.5. The number of hydrogen-bond acceptors (Lipinski definition) is 2. The fourth-order valence-corrected chi connectivity index (χ4v) is 15.5. The number of hydrogen-bond donors (Lipinski definition) is 0. The molecule has 4 nitrogen and oxygen atoms in total. The lowest BCUT2D eigenvalue weighted by molar-refractivity contribution is 0.590. The number of anilines is 5. The molecule has 2 aliphatic rings. The van der Waals surface area contributed by atoms with Gasteiger partial charge in [0.15, 0.2) is 0 Å². The predicted molar refractivity (Wildman–Crippen MR) is 417 cm³/mol. The van der Waals surface area contributed by atoms with Gasteiger partial charge < -0.3 is 18.9 Å². The number of allylic oxidation sites excluding steroid dienone is 5. The molecule has 0 aliphatic carbocycles. The van der Waals surface area contributed by atoms with E-state index in [1.165, 1.54) is 99.7 Å². The number of rotatable bonds is 12. The van der Waals surface area contributed by atoms with Crippen molar-refractivity contribution in [1.29, 1.82) is 0 Å². The average Bonchev–Trinajstić information content (AvgIpc) is 0.749. The van der Waals surface area contributed by atoms with Gasteiger partial charge in [-0.05, 0) is 194 Å². The lowest BCUT2D eigenvalue weighted by Crippen LogP contribution is -2.62. The van der Waals surface area contributed by atoms with Crippen molar-refractivity contribution in [3.8, 4) is 44.8 Å². The highest BCUT2D eigenvalue weighted by molar-refractivity contribution is 7.00. The molecule has 0 saturated carbocycles. The van der Waals surface area contributed by atoms with Crippen LogP contribution < -0.4 is 26.2 Å². The molecule has 0 amide bonds. The third kappa shape index (κ3) is 10.6. The molecule has 12 aromatic carbocycles. The van der Waals surface area contributed by atoms with Crippen molar-refractivity contribution in [1.82, 2.24) is 9.13 Å². The van der Waals surface area contributed by atoms with Crippen molar-refractivity contribution in [2.75, 3.05) is 9.80 Å². The molecule has 97 heavy (non-hydrogen) atoms. The Balaban J connectivity index is 1.05. The van der Waals surface area contributed by atoms with Gasteiger partial charge in [0.25, 0.3) is 6.71 Å². The molecule has 2 aromatic heterocycles. The summed E-state index contributed by atoms with van der Waals surface area (Å²) in [6.07, 6.45) is 4.85. The van der Waals surface area contributed by atoms with Crippen LogP contribution in [0.15, 0.2) is 303 Å². The van der Waals surface area contributed by atoms with Crippen LogP contribution in [0.2, 0.25) is 0 Å². The molecule has 0 bridgehead atoms. The van der Waals surface area contributed by atoms with Gasteiger partial charge in [0.05, 0.1) is 22.2 Å². The zero-order valence-corrected chi connectivity index (χ0v) is 57.0. The van der Waals surface area contributed by atoms with E-state index in [1.807, 2.05) is 0 Å². The Morgan fingerprint density at radius 3 is 1.62 bits per heavy atom. The van der Waals surface area contributed by atoms with Crippen molar-refractivity contribution in [3.05, 3.63) is 337 Å². The third-order valence-corrected chi connectivity index (χ3v) is 20.4. The maximum Gasteiger partial charge on any atom is 0.252 e. The molecule has 16 rings (SSSR count). The van der Waals surface area contributed by atoms with Crippen molar-refractivity contribution < 1.29 is 0 Å². The summed E-state index contributed by atoms with van der Waals surface area (Å²) in [7, 11) is 0. The number of para-hydroxylation sites is 1. The molecule has 5 heteroatoms. The molecule has 0 radical (unpaired) electrons. The number of aryl methyl sites for hydroxylation is 1. The zero-order valence-electron chi connectivity index (χ0n) is 57.0. The minimum absolute atomic E-state index is 0.178. The van der Waals surface area contributed by atoms with Gasteiger partial charge in [0.1, 0.15) is 0 Å². The van der Waals surface area contributed by atoms with E-state index in [-0.39, 0.29) is 17.5 Å². The highest BCUT2D eigenvalue weighted by Gasteiger charge is 2.46. The van der Waals surface area contributed by atoms with E-state index in [2.05, 4.69) is 379 Å². The van der Waals surface area contributed by atoms with Gasteiger partial charge in [-0.25, -0.2) is 0 Å². The molecule has 470 valence electrons. The van der Waals surface area contributed by atoms with Crippen molar-refractivity contribution in [2.24, 2.45) is 0 Å². The van der Waals surface area contributed by atoms with Crippen LogP contribution in [-0.2, 0) is 17.3 Å². The van der Waals surface area contributed by atoms with Gasteiger partial charge in [-0.2, -0.15) is 0 Å². The van der Waals surface area contributed by atoms with Crippen LogP contribution in [0.3, 0.4) is 0 Å². The van der Waals surface area contributed by atoms with Crippen molar-refractivity contribution in [2.45, 2.75) is 79.6 Å². The quantitative estimate of drug-likeness (QED) is 0.0895. The topological polar surface area (TPSA) is 16.3 Å². The van der Waals surface area contributed by atoms with Crippen LogP contribution in [0.1, 0.15) is 88.9 Å². The number of aromatic nitrogens is 2. The SMILES string of the molecule is C=C(/C=C\C)c1ccc2c(c1)cc(C)n2-c1ccc2c(c1)N(/C(Cc1ccccc1)=C(/C)c1ccccc1)c1cc(C(C)(C)C)cc3c1B2c1ccc(-n2c4ccccc4c4cc(-c5ccccc5)ccc42)cc1N3c1c(-c2ccccc2)cc(C(C)(C)C)cc1-c1ccccc1. The predicted octanol–water partition coefficient (Wildman–Crippen LogP) is 22.6. The normalized spacial score (nSPS) is 13.1. The molecule has 0 spiro atoms. The summed E-state index contributed by atoms with van der Waals surface area (Å²) in [4.78, 5) is 5.43. The first-order valence-electron chi connectivity index (χ1n) is 34.3. The maximum absolute atomic E-state index is 4.45. The number of nitrogens with zero attached hydrogens (tertiary/aromatic N) is 4. The van der Waals surface area contributed by atoms with Crippen LogP contribution in [0, 0.1) is 6.92 Å². The largest absolute Gasteiger partial charge is 0.314 e. The minimum atomic E-state index is -0.291. The molecule has 0 atom stereocenters. The van der Waals surface area contributed by atoms with Gasteiger partial charge in [-0.15, -0.1) is 0 Å².